The zero-order chi connectivity index (χ0) is 10.7. The van der Waals surface area contributed by atoms with Gasteiger partial charge in [0, 0.05) is 18.5 Å². The molecule has 0 bridgehead atoms. The number of halogens is 1. The highest BCUT2D eigenvalue weighted by molar-refractivity contribution is 6.32. The van der Waals surface area contributed by atoms with Crippen LogP contribution in [0.1, 0.15) is 0 Å². The van der Waals surface area contributed by atoms with Gasteiger partial charge in [-0.25, -0.2) is 4.98 Å². The average molecular weight is 225 g/mol. The number of nitrogens with one attached hydrogen (secondary N) is 1. The monoisotopic (exact) mass is 224 g/mol. The van der Waals surface area contributed by atoms with Crippen LogP contribution in [0.15, 0.2) is 30.6 Å². The number of imidazole rings is 1. The number of H-pyrrole nitrogens is 1. The van der Waals surface area contributed by atoms with Crippen LogP contribution in [-0.4, -0.2) is 17.1 Å². The lowest BCUT2D eigenvalue weighted by Crippen LogP contribution is -1.88. The van der Waals surface area contributed by atoms with Crippen molar-refractivity contribution in [3.05, 3.63) is 35.6 Å². The number of hydrogen-bond acceptors (Lipinski definition) is 3. The Morgan fingerprint density at radius 2 is 2.27 bits per heavy atom. The molecule has 5 heteroatoms. The van der Waals surface area contributed by atoms with Gasteiger partial charge in [-0.1, -0.05) is 11.6 Å². The van der Waals surface area contributed by atoms with Crippen molar-refractivity contribution in [1.82, 2.24) is 9.97 Å². The number of nitrogens with zero attached hydrogens (tertiary/aromatic N) is 1. The zero-order valence-corrected chi connectivity index (χ0v) is 8.78. The van der Waals surface area contributed by atoms with E-state index in [2.05, 4.69) is 9.97 Å². The summed E-state index contributed by atoms with van der Waals surface area (Å²) in [5.41, 5.74) is 0. The molecule has 0 radical (unpaired) electrons. The van der Waals surface area contributed by atoms with Crippen molar-refractivity contribution in [2.24, 2.45) is 0 Å². The molecule has 0 aliphatic heterocycles. The first-order valence-corrected chi connectivity index (χ1v) is 4.68. The lowest BCUT2D eigenvalue weighted by atomic mass is 10.3. The molecular formula is C10H9ClN2O2. The molecule has 0 spiro atoms. The summed E-state index contributed by atoms with van der Waals surface area (Å²) in [6.45, 7) is 0. The summed E-state index contributed by atoms with van der Waals surface area (Å²) in [5, 5.41) is 0.478. The van der Waals surface area contributed by atoms with Crippen LogP contribution in [-0.2, 0) is 0 Å². The van der Waals surface area contributed by atoms with E-state index in [1.807, 2.05) is 0 Å². The SMILES string of the molecule is COc1ccc(Oc2ncc[nH]2)c(Cl)c1. The lowest BCUT2D eigenvalue weighted by Gasteiger charge is -2.05. The fraction of sp³-hybridized carbons (Fsp3) is 0.100. The van der Waals surface area contributed by atoms with Gasteiger partial charge in [-0.15, -0.1) is 0 Å². The van der Waals surface area contributed by atoms with Crippen molar-refractivity contribution in [2.75, 3.05) is 7.11 Å². The quantitative estimate of drug-likeness (QED) is 0.872. The molecule has 1 N–H and O–H groups in total. The number of benzene rings is 1. The molecule has 15 heavy (non-hydrogen) atoms. The highest BCUT2D eigenvalue weighted by Crippen LogP contribution is 2.30. The van der Waals surface area contributed by atoms with Gasteiger partial charge >= 0.3 is 0 Å². The number of ether oxygens (including phenoxy) is 2. The maximum atomic E-state index is 5.98. The molecule has 0 amide bonds. The Kier molecular flexibility index (Phi) is 2.78. The van der Waals surface area contributed by atoms with Gasteiger partial charge < -0.3 is 14.5 Å². The third-order valence-corrected chi connectivity index (χ3v) is 2.11. The Morgan fingerprint density at radius 3 is 2.87 bits per heavy atom. The summed E-state index contributed by atoms with van der Waals surface area (Å²) in [6, 6.07) is 5.58. The maximum Gasteiger partial charge on any atom is 0.299 e. The average Bonchev–Trinajstić information content (AvgIpc) is 2.74. The van der Waals surface area contributed by atoms with Gasteiger partial charge in [0.2, 0.25) is 0 Å². The zero-order valence-electron chi connectivity index (χ0n) is 8.03. The largest absolute Gasteiger partial charge is 0.497 e. The smallest absolute Gasteiger partial charge is 0.299 e. The van der Waals surface area contributed by atoms with E-state index in [9.17, 15) is 0 Å². The summed E-state index contributed by atoms with van der Waals surface area (Å²) in [4.78, 5) is 6.75. The molecule has 0 saturated heterocycles. The van der Waals surface area contributed by atoms with E-state index in [4.69, 9.17) is 21.1 Å². The first-order valence-electron chi connectivity index (χ1n) is 4.30. The second-order valence-corrected chi connectivity index (χ2v) is 3.20. The molecule has 1 heterocycles. The summed E-state index contributed by atoms with van der Waals surface area (Å²) < 4.78 is 10.4. The van der Waals surface area contributed by atoms with Crippen LogP contribution in [0.2, 0.25) is 5.02 Å². The standard InChI is InChI=1S/C10H9ClN2O2/c1-14-7-2-3-9(8(11)6-7)15-10-12-4-5-13-10/h2-6H,1H3,(H,12,13). The molecule has 0 saturated carbocycles. The predicted octanol–water partition coefficient (Wildman–Crippen LogP) is 2.86. The number of aromatic amines is 1. The van der Waals surface area contributed by atoms with E-state index >= 15 is 0 Å². The van der Waals surface area contributed by atoms with Crippen molar-refractivity contribution in [2.45, 2.75) is 0 Å². The second-order valence-electron chi connectivity index (χ2n) is 2.79. The first kappa shape index (κ1) is 9.86. The molecule has 1 aromatic carbocycles. The minimum atomic E-state index is 0.405. The molecule has 0 unspecified atom stereocenters. The molecular weight excluding hydrogens is 216 g/mol. The van der Waals surface area contributed by atoms with Crippen molar-refractivity contribution in [3.8, 4) is 17.5 Å². The fourth-order valence-corrected chi connectivity index (χ4v) is 1.31. The van der Waals surface area contributed by atoms with Crippen LogP contribution in [0.25, 0.3) is 0 Å². The predicted molar refractivity (Wildman–Crippen MR) is 56.7 cm³/mol. The fourth-order valence-electron chi connectivity index (χ4n) is 1.10. The van der Waals surface area contributed by atoms with E-state index in [0.717, 1.165) is 0 Å². The summed E-state index contributed by atoms with van der Waals surface area (Å²) in [7, 11) is 1.58. The third kappa shape index (κ3) is 2.22. The van der Waals surface area contributed by atoms with E-state index in [1.165, 1.54) is 0 Å². The first-order chi connectivity index (χ1) is 7.29. The van der Waals surface area contributed by atoms with Crippen molar-refractivity contribution in [1.29, 1.82) is 0 Å². The molecule has 4 nitrogen and oxygen atoms in total. The molecule has 0 fully saturated rings. The van der Waals surface area contributed by atoms with Crippen LogP contribution in [0.5, 0.6) is 17.5 Å². The Balaban J connectivity index is 2.22. The maximum absolute atomic E-state index is 5.98. The second kappa shape index (κ2) is 4.23. The van der Waals surface area contributed by atoms with Crippen molar-refractivity contribution in [3.63, 3.8) is 0 Å². The van der Waals surface area contributed by atoms with Crippen LogP contribution in [0.3, 0.4) is 0 Å². The van der Waals surface area contributed by atoms with E-state index in [-0.39, 0.29) is 0 Å². The normalized spacial score (nSPS) is 10.0. The Labute approximate surface area is 91.8 Å². The third-order valence-electron chi connectivity index (χ3n) is 1.82. The van der Waals surface area contributed by atoms with Gasteiger partial charge in [0.05, 0.1) is 12.1 Å². The van der Waals surface area contributed by atoms with Gasteiger partial charge in [-0.05, 0) is 12.1 Å². The number of rotatable bonds is 3. The molecule has 78 valence electrons. The van der Waals surface area contributed by atoms with E-state index < -0.39 is 0 Å². The Hall–Kier alpha value is -1.68. The molecule has 0 aliphatic rings. The number of methoxy groups -OCH3 is 1. The molecule has 1 aromatic heterocycles. The van der Waals surface area contributed by atoms with Crippen molar-refractivity contribution >= 4 is 11.6 Å². The summed E-state index contributed by atoms with van der Waals surface area (Å²) in [5.74, 6) is 1.22. The van der Waals surface area contributed by atoms with Crippen LogP contribution in [0, 0.1) is 0 Å². The van der Waals surface area contributed by atoms with Gasteiger partial charge in [0.1, 0.15) is 11.5 Å². The summed E-state index contributed by atoms with van der Waals surface area (Å²) in [6.07, 6.45) is 3.28. The molecule has 0 aliphatic carbocycles. The minimum Gasteiger partial charge on any atom is -0.497 e. The van der Waals surface area contributed by atoms with Crippen LogP contribution < -0.4 is 9.47 Å². The lowest BCUT2D eigenvalue weighted by molar-refractivity contribution is 0.411. The Morgan fingerprint density at radius 1 is 1.40 bits per heavy atom. The van der Waals surface area contributed by atoms with Gasteiger partial charge in [-0.2, -0.15) is 0 Å². The Bertz CT molecular complexity index is 443. The van der Waals surface area contributed by atoms with Gasteiger partial charge in [-0.3, -0.25) is 0 Å². The highest BCUT2D eigenvalue weighted by atomic mass is 35.5. The molecule has 2 rings (SSSR count). The van der Waals surface area contributed by atoms with E-state index in [0.29, 0.717) is 22.5 Å². The number of hydrogen-bond donors (Lipinski definition) is 1. The highest BCUT2D eigenvalue weighted by Gasteiger charge is 2.05. The van der Waals surface area contributed by atoms with Crippen molar-refractivity contribution < 1.29 is 9.47 Å². The molecule has 2 aromatic rings. The minimum absolute atomic E-state index is 0.405. The number of aromatic nitrogens is 2. The van der Waals surface area contributed by atoms with Crippen LogP contribution >= 0.6 is 11.6 Å². The topological polar surface area (TPSA) is 47.1 Å². The summed E-state index contributed by atoms with van der Waals surface area (Å²) >= 11 is 5.98. The van der Waals surface area contributed by atoms with Gasteiger partial charge in [0.25, 0.3) is 6.01 Å². The van der Waals surface area contributed by atoms with E-state index in [1.54, 1.807) is 37.7 Å². The molecule has 0 atom stereocenters. The van der Waals surface area contributed by atoms with Gasteiger partial charge in [0.15, 0.2) is 0 Å². The van der Waals surface area contributed by atoms with Crippen LogP contribution in [0.4, 0.5) is 0 Å².